The third kappa shape index (κ3) is 4.51. The van der Waals surface area contributed by atoms with E-state index in [0.29, 0.717) is 17.3 Å². The van der Waals surface area contributed by atoms with Crippen LogP contribution in [0.1, 0.15) is 4.88 Å². The zero-order valence-corrected chi connectivity index (χ0v) is 13.2. The first-order valence-electron chi connectivity index (χ1n) is 6.65. The molecular formula is C12H21N3O3S2. The van der Waals surface area contributed by atoms with Gasteiger partial charge in [0.25, 0.3) is 0 Å². The Balaban J connectivity index is 1.83. The SMILES string of the molecule is CNCc1ccc(S(=O)(=O)NCCN2CCOCC2)s1. The van der Waals surface area contributed by atoms with Crippen molar-refractivity contribution in [3.05, 3.63) is 17.0 Å². The molecule has 2 heterocycles. The van der Waals surface area contributed by atoms with E-state index in [1.165, 1.54) is 11.3 Å². The second-order valence-corrected chi connectivity index (χ2v) is 7.76. The average molecular weight is 319 g/mol. The molecule has 2 rings (SSSR count). The summed E-state index contributed by atoms with van der Waals surface area (Å²) in [5, 5.41) is 3.01. The number of hydrogen-bond donors (Lipinski definition) is 2. The third-order valence-electron chi connectivity index (χ3n) is 3.08. The molecule has 0 saturated carbocycles. The molecule has 1 aromatic rings. The number of thiophene rings is 1. The number of hydrogen-bond acceptors (Lipinski definition) is 6. The van der Waals surface area contributed by atoms with Gasteiger partial charge in [0.05, 0.1) is 13.2 Å². The lowest BCUT2D eigenvalue weighted by atomic mass is 10.4. The summed E-state index contributed by atoms with van der Waals surface area (Å²) >= 11 is 1.30. The molecule has 0 aliphatic carbocycles. The number of ether oxygens (including phenoxy) is 1. The van der Waals surface area contributed by atoms with E-state index in [4.69, 9.17) is 4.74 Å². The van der Waals surface area contributed by atoms with Gasteiger partial charge in [-0.05, 0) is 19.2 Å². The van der Waals surface area contributed by atoms with Gasteiger partial charge in [-0.2, -0.15) is 0 Å². The number of nitrogens with zero attached hydrogens (tertiary/aromatic N) is 1. The second-order valence-electron chi connectivity index (χ2n) is 4.60. The fourth-order valence-corrected chi connectivity index (χ4v) is 4.44. The predicted octanol–water partition coefficient (Wildman–Crippen LogP) is 0.0780. The maximum atomic E-state index is 12.1. The van der Waals surface area contributed by atoms with Crippen LogP contribution < -0.4 is 10.0 Å². The molecule has 0 bridgehead atoms. The van der Waals surface area contributed by atoms with Gasteiger partial charge >= 0.3 is 0 Å². The van der Waals surface area contributed by atoms with Crippen LogP contribution in [0.15, 0.2) is 16.3 Å². The lowest BCUT2D eigenvalue weighted by Gasteiger charge is -2.26. The van der Waals surface area contributed by atoms with Crippen molar-refractivity contribution in [2.75, 3.05) is 46.4 Å². The van der Waals surface area contributed by atoms with Crippen LogP contribution in [-0.4, -0.2) is 59.8 Å². The molecule has 1 aliphatic heterocycles. The van der Waals surface area contributed by atoms with E-state index >= 15 is 0 Å². The van der Waals surface area contributed by atoms with Gasteiger partial charge in [0.15, 0.2) is 0 Å². The molecule has 8 heteroatoms. The Morgan fingerprint density at radius 2 is 2.10 bits per heavy atom. The minimum Gasteiger partial charge on any atom is -0.379 e. The topological polar surface area (TPSA) is 70.7 Å². The van der Waals surface area contributed by atoms with E-state index in [1.807, 2.05) is 13.1 Å². The summed E-state index contributed by atoms with van der Waals surface area (Å²) in [7, 11) is -1.53. The number of rotatable bonds is 7. The molecule has 1 aromatic heterocycles. The first kappa shape index (κ1) is 15.9. The van der Waals surface area contributed by atoms with Crippen LogP contribution in [0.25, 0.3) is 0 Å². The van der Waals surface area contributed by atoms with Gasteiger partial charge < -0.3 is 10.1 Å². The number of nitrogens with one attached hydrogen (secondary N) is 2. The molecule has 0 spiro atoms. The van der Waals surface area contributed by atoms with Gasteiger partial charge in [-0.15, -0.1) is 11.3 Å². The highest BCUT2D eigenvalue weighted by Gasteiger charge is 2.17. The average Bonchev–Trinajstić information content (AvgIpc) is 2.90. The largest absolute Gasteiger partial charge is 0.379 e. The standard InChI is InChI=1S/C12H21N3O3S2/c1-13-10-11-2-3-12(19-11)20(16,17)14-4-5-15-6-8-18-9-7-15/h2-3,13-14H,4-10H2,1H3. The van der Waals surface area contributed by atoms with Crippen molar-refractivity contribution in [1.82, 2.24) is 14.9 Å². The maximum absolute atomic E-state index is 12.1. The van der Waals surface area contributed by atoms with Crippen LogP contribution in [0.2, 0.25) is 0 Å². The smallest absolute Gasteiger partial charge is 0.250 e. The highest BCUT2D eigenvalue weighted by molar-refractivity contribution is 7.91. The molecule has 0 unspecified atom stereocenters. The van der Waals surface area contributed by atoms with Crippen LogP contribution in [-0.2, 0) is 21.3 Å². The normalized spacial score (nSPS) is 17.4. The summed E-state index contributed by atoms with van der Waals surface area (Å²) in [6.45, 7) is 5.03. The fraction of sp³-hybridized carbons (Fsp3) is 0.667. The molecular weight excluding hydrogens is 298 g/mol. The summed E-state index contributed by atoms with van der Waals surface area (Å²) in [4.78, 5) is 3.22. The molecule has 1 saturated heterocycles. The third-order valence-corrected chi connectivity index (χ3v) is 6.11. The summed E-state index contributed by atoms with van der Waals surface area (Å²) in [5.41, 5.74) is 0. The van der Waals surface area contributed by atoms with Gasteiger partial charge in [0.2, 0.25) is 10.0 Å². The highest BCUT2D eigenvalue weighted by Crippen LogP contribution is 2.21. The molecule has 20 heavy (non-hydrogen) atoms. The molecule has 2 N–H and O–H groups in total. The van der Waals surface area contributed by atoms with Crippen molar-refractivity contribution in [2.45, 2.75) is 10.8 Å². The Kier molecular flexibility index (Phi) is 5.94. The quantitative estimate of drug-likeness (QED) is 0.745. The van der Waals surface area contributed by atoms with Crippen molar-refractivity contribution in [3.63, 3.8) is 0 Å². The molecule has 1 aliphatic rings. The summed E-state index contributed by atoms with van der Waals surface area (Å²) in [6, 6.07) is 3.51. The van der Waals surface area contributed by atoms with E-state index in [2.05, 4.69) is 14.9 Å². The number of morpholine rings is 1. The van der Waals surface area contributed by atoms with Gasteiger partial charge in [-0.3, -0.25) is 4.90 Å². The molecule has 1 fully saturated rings. The van der Waals surface area contributed by atoms with Crippen LogP contribution in [0, 0.1) is 0 Å². The van der Waals surface area contributed by atoms with E-state index < -0.39 is 10.0 Å². The molecule has 0 radical (unpaired) electrons. The molecule has 0 aromatic carbocycles. The zero-order valence-electron chi connectivity index (χ0n) is 11.6. The number of sulfonamides is 1. The van der Waals surface area contributed by atoms with Crippen molar-refractivity contribution >= 4 is 21.4 Å². The van der Waals surface area contributed by atoms with Crippen molar-refractivity contribution in [3.8, 4) is 0 Å². The highest BCUT2D eigenvalue weighted by atomic mass is 32.2. The first-order chi connectivity index (χ1) is 9.62. The Morgan fingerprint density at radius 3 is 2.80 bits per heavy atom. The fourth-order valence-electron chi connectivity index (χ4n) is 2.01. The Labute approximate surface area is 124 Å². The van der Waals surface area contributed by atoms with Crippen molar-refractivity contribution < 1.29 is 13.2 Å². The lowest BCUT2D eigenvalue weighted by Crippen LogP contribution is -2.41. The predicted molar refractivity (Wildman–Crippen MR) is 79.5 cm³/mol. The maximum Gasteiger partial charge on any atom is 0.250 e. The minimum atomic E-state index is -3.38. The van der Waals surface area contributed by atoms with Crippen LogP contribution in [0.4, 0.5) is 0 Å². The van der Waals surface area contributed by atoms with Crippen LogP contribution in [0.3, 0.4) is 0 Å². The van der Waals surface area contributed by atoms with E-state index in [-0.39, 0.29) is 0 Å². The Bertz CT molecular complexity index is 510. The summed E-state index contributed by atoms with van der Waals surface area (Å²) in [5.74, 6) is 0. The second kappa shape index (κ2) is 7.48. The summed E-state index contributed by atoms with van der Waals surface area (Å²) < 4.78 is 32.5. The lowest BCUT2D eigenvalue weighted by molar-refractivity contribution is 0.0390. The zero-order chi connectivity index (χ0) is 14.4. The van der Waals surface area contributed by atoms with Gasteiger partial charge in [-0.1, -0.05) is 0 Å². The van der Waals surface area contributed by atoms with Crippen LogP contribution in [0.5, 0.6) is 0 Å². The van der Waals surface area contributed by atoms with Crippen molar-refractivity contribution in [2.24, 2.45) is 0 Å². The Hall–Kier alpha value is -0.510. The molecule has 0 amide bonds. The van der Waals surface area contributed by atoms with E-state index in [0.717, 1.165) is 37.7 Å². The molecule has 6 nitrogen and oxygen atoms in total. The minimum absolute atomic E-state index is 0.379. The summed E-state index contributed by atoms with van der Waals surface area (Å²) in [6.07, 6.45) is 0. The van der Waals surface area contributed by atoms with Gasteiger partial charge in [0.1, 0.15) is 4.21 Å². The van der Waals surface area contributed by atoms with Gasteiger partial charge in [-0.25, -0.2) is 13.1 Å². The van der Waals surface area contributed by atoms with E-state index in [9.17, 15) is 8.42 Å². The van der Waals surface area contributed by atoms with Crippen molar-refractivity contribution in [1.29, 1.82) is 0 Å². The Morgan fingerprint density at radius 1 is 1.35 bits per heavy atom. The first-order valence-corrected chi connectivity index (χ1v) is 8.95. The van der Waals surface area contributed by atoms with Gasteiger partial charge in [0, 0.05) is 37.6 Å². The monoisotopic (exact) mass is 319 g/mol. The molecule has 114 valence electrons. The molecule has 0 atom stereocenters. The van der Waals surface area contributed by atoms with E-state index in [1.54, 1.807) is 6.07 Å². The van der Waals surface area contributed by atoms with Crippen LogP contribution >= 0.6 is 11.3 Å².